The lowest BCUT2D eigenvalue weighted by Crippen LogP contribution is -2.30. The van der Waals surface area contributed by atoms with E-state index in [4.69, 9.17) is 4.74 Å². The van der Waals surface area contributed by atoms with Crippen LogP contribution in [0.25, 0.3) is 0 Å². The molecule has 0 aliphatic carbocycles. The van der Waals surface area contributed by atoms with Crippen LogP contribution in [-0.4, -0.2) is 23.1 Å². The fourth-order valence-electron chi connectivity index (χ4n) is 7.40. The SMILES string of the molecule is CCCCCCCCCCCCCCCCCCCCCCCC(=O)N/C(=C/OC(=O)c1ccccc1)C(O)CCCCCCCCCCCCCCC. The molecule has 1 unspecified atom stereocenters. The zero-order valence-electron chi connectivity index (χ0n) is 35.7. The second-order valence-electron chi connectivity index (χ2n) is 16.3. The summed E-state index contributed by atoms with van der Waals surface area (Å²) >= 11 is 0. The van der Waals surface area contributed by atoms with E-state index in [1.54, 1.807) is 24.3 Å². The standard InChI is InChI=1S/C49H87NO4/c1-3-5-7-9-11-13-15-17-18-19-20-21-22-23-24-26-28-30-32-34-39-43-48(52)50-46(44-54-49(53)45-40-36-35-37-41-45)47(51)42-38-33-31-29-27-25-16-14-12-10-8-6-4-2/h35-37,40-41,44,47,51H,3-34,38-39,42-43H2,1-2H3,(H,50,52)/b46-44+. The number of hydrogen-bond acceptors (Lipinski definition) is 4. The van der Waals surface area contributed by atoms with Gasteiger partial charge in [-0.05, 0) is 25.0 Å². The average molecular weight is 754 g/mol. The van der Waals surface area contributed by atoms with Crippen molar-refractivity contribution < 1.29 is 19.4 Å². The molecule has 312 valence electrons. The second kappa shape index (κ2) is 39.1. The van der Waals surface area contributed by atoms with Crippen molar-refractivity contribution in [1.82, 2.24) is 5.32 Å². The summed E-state index contributed by atoms with van der Waals surface area (Å²) in [5.41, 5.74) is 0.719. The molecule has 1 aromatic rings. The highest BCUT2D eigenvalue weighted by Gasteiger charge is 2.16. The van der Waals surface area contributed by atoms with Crippen molar-refractivity contribution in [2.75, 3.05) is 0 Å². The van der Waals surface area contributed by atoms with Crippen LogP contribution in [0.3, 0.4) is 0 Å². The van der Waals surface area contributed by atoms with Crippen LogP contribution >= 0.6 is 0 Å². The largest absolute Gasteiger partial charge is 0.429 e. The lowest BCUT2D eigenvalue weighted by molar-refractivity contribution is -0.120. The van der Waals surface area contributed by atoms with Gasteiger partial charge in [-0.3, -0.25) is 4.79 Å². The van der Waals surface area contributed by atoms with Crippen molar-refractivity contribution in [3.63, 3.8) is 0 Å². The molecule has 2 N–H and O–H groups in total. The van der Waals surface area contributed by atoms with E-state index in [2.05, 4.69) is 19.2 Å². The topological polar surface area (TPSA) is 75.6 Å². The van der Waals surface area contributed by atoms with Gasteiger partial charge in [-0.15, -0.1) is 0 Å². The molecule has 0 saturated heterocycles. The van der Waals surface area contributed by atoms with E-state index in [-0.39, 0.29) is 11.6 Å². The summed E-state index contributed by atoms with van der Waals surface area (Å²) in [6.45, 7) is 4.56. The van der Waals surface area contributed by atoms with Crippen molar-refractivity contribution in [2.45, 2.75) is 251 Å². The predicted octanol–water partition coefficient (Wildman–Crippen LogP) is 15.2. The van der Waals surface area contributed by atoms with Crippen LogP contribution in [-0.2, 0) is 9.53 Å². The molecule has 5 heteroatoms. The van der Waals surface area contributed by atoms with E-state index < -0.39 is 12.1 Å². The van der Waals surface area contributed by atoms with Gasteiger partial charge in [-0.1, -0.05) is 244 Å². The van der Waals surface area contributed by atoms with E-state index in [1.807, 2.05) is 6.07 Å². The molecule has 0 aromatic heterocycles. The maximum absolute atomic E-state index is 12.9. The van der Waals surface area contributed by atoms with Crippen molar-refractivity contribution in [3.05, 3.63) is 47.9 Å². The zero-order valence-corrected chi connectivity index (χ0v) is 35.7. The number of rotatable bonds is 40. The number of amides is 1. The van der Waals surface area contributed by atoms with Crippen molar-refractivity contribution in [2.24, 2.45) is 0 Å². The van der Waals surface area contributed by atoms with E-state index >= 15 is 0 Å². The first-order chi connectivity index (χ1) is 26.6. The molecule has 0 aliphatic rings. The smallest absolute Gasteiger partial charge is 0.342 e. The Labute approximate surface area is 334 Å². The Morgan fingerprint density at radius 3 is 1.22 bits per heavy atom. The van der Waals surface area contributed by atoms with Crippen molar-refractivity contribution in [3.8, 4) is 0 Å². The third kappa shape index (κ3) is 32.1. The van der Waals surface area contributed by atoms with Crippen LogP contribution in [0, 0.1) is 0 Å². The summed E-state index contributed by atoms with van der Waals surface area (Å²) in [4.78, 5) is 25.4. The highest BCUT2D eigenvalue weighted by Crippen LogP contribution is 2.18. The molecule has 1 atom stereocenters. The molecule has 0 fully saturated rings. The zero-order chi connectivity index (χ0) is 39.0. The number of carbonyl (C=O) groups excluding carboxylic acids is 2. The van der Waals surface area contributed by atoms with Crippen LogP contribution in [0.15, 0.2) is 42.3 Å². The Hall–Kier alpha value is -2.14. The molecule has 1 amide bonds. The van der Waals surface area contributed by atoms with Crippen LogP contribution in [0.5, 0.6) is 0 Å². The number of benzene rings is 1. The number of hydrogen-bond donors (Lipinski definition) is 2. The highest BCUT2D eigenvalue weighted by atomic mass is 16.5. The normalized spacial score (nSPS) is 12.2. The molecule has 0 radical (unpaired) electrons. The van der Waals surface area contributed by atoms with E-state index in [9.17, 15) is 14.7 Å². The van der Waals surface area contributed by atoms with Gasteiger partial charge in [0.2, 0.25) is 5.91 Å². The van der Waals surface area contributed by atoms with Crippen LogP contribution < -0.4 is 5.32 Å². The first kappa shape index (κ1) is 49.9. The van der Waals surface area contributed by atoms with Gasteiger partial charge in [0, 0.05) is 6.42 Å². The molecule has 0 heterocycles. The summed E-state index contributed by atoms with van der Waals surface area (Å²) in [6, 6.07) is 8.80. The van der Waals surface area contributed by atoms with Gasteiger partial charge >= 0.3 is 5.97 Å². The molecule has 0 saturated carbocycles. The number of aliphatic hydroxyl groups is 1. The Morgan fingerprint density at radius 2 is 0.852 bits per heavy atom. The number of esters is 1. The maximum Gasteiger partial charge on any atom is 0.342 e. The van der Waals surface area contributed by atoms with E-state index in [0.717, 1.165) is 38.5 Å². The summed E-state index contributed by atoms with van der Waals surface area (Å²) in [6.07, 6.45) is 45.9. The van der Waals surface area contributed by atoms with Gasteiger partial charge in [0.25, 0.3) is 0 Å². The monoisotopic (exact) mass is 754 g/mol. The number of carbonyl (C=O) groups is 2. The lowest BCUT2D eigenvalue weighted by Gasteiger charge is -2.16. The Morgan fingerprint density at radius 1 is 0.519 bits per heavy atom. The quantitative estimate of drug-likeness (QED) is 0.0397. The highest BCUT2D eigenvalue weighted by molar-refractivity contribution is 5.89. The fraction of sp³-hybridized carbons (Fsp3) is 0.796. The van der Waals surface area contributed by atoms with Crippen molar-refractivity contribution >= 4 is 11.9 Å². The van der Waals surface area contributed by atoms with Gasteiger partial charge in [0.15, 0.2) is 0 Å². The molecule has 0 spiro atoms. The van der Waals surface area contributed by atoms with Crippen LogP contribution in [0.1, 0.15) is 255 Å². The van der Waals surface area contributed by atoms with Gasteiger partial charge in [0.05, 0.1) is 17.4 Å². The Balaban J connectivity index is 2.16. The predicted molar refractivity (Wildman–Crippen MR) is 232 cm³/mol. The summed E-state index contributed by atoms with van der Waals surface area (Å²) < 4.78 is 5.41. The van der Waals surface area contributed by atoms with Crippen LogP contribution in [0.4, 0.5) is 0 Å². The van der Waals surface area contributed by atoms with Gasteiger partial charge in [-0.25, -0.2) is 4.79 Å². The van der Waals surface area contributed by atoms with E-state index in [0.29, 0.717) is 18.4 Å². The number of unbranched alkanes of at least 4 members (excludes halogenated alkanes) is 32. The molecular formula is C49H87NO4. The molecule has 1 rings (SSSR count). The molecule has 0 bridgehead atoms. The number of nitrogens with one attached hydrogen (secondary N) is 1. The maximum atomic E-state index is 12.9. The fourth-order valence-corrected chi connectivity index (χ4v) is 7.40. The summed E-state index contributed by atoms with van der Waals surface area (Å²) in [7, 11) is 0. The number of aliphatic hydroxyl groups excluding tert-OH is 1. The third-order valence-electron chi connectivity index (χ3n) is 11.0. The van der Waals surface area contributed by atoms with E-state index in [1.165, 1.54) is 186 Å². The minimum atomic E-state index is -0.870. The van der Waals surface area contributed by atoms with Crippen molar-refractivity contribution in [1.29, 1.82) is 0 Å². The third-order valence-corrected chi connectivity index (χ3v) is 11.0. The number of ether oxygens (including phenoxy) is 1. The molecule has 0 aliphatic heterocycles. The summed E-state index contributed by atoms with van der Waals surface area (Å²) in [5.74, 6) is -0.626. The minimum Gasteiger partial charge on any atom is -0.429 e. The van der Waals surface area contributed by atoms with Gasteiger partial charge < -0.3 is 15.2 Å². The minimum absolute atomic E-state index is 0.126. The molecule has 5 nitrogen and oxygen atoms in total. The Bertz CT molecular complexity index is 993. The molecule has 54 heavy (non-hydrogen) atoms. The lowest BCUT2D eigenvalue weighted by atomic mass is 10.0. The molecular weight excluding hydrogens is 667 g/mol. The van der Waals surface area contributed by atoms with Gasteiger partial charge in [0.1, 0.15) is 6.26 Å². The van der Waals surface area contributed by atoms with Crippen LogP contribution in [0.2, 0.25) is 0 Å². The summed E-state index contributed by atoms with van der Waals surface area (Å²) in [5, 5.41) is 13.9. The van der Waals surface area contributed by atoms with Gasteiger partial charge in [-0.2, -0.15) is 0 Å². The first-order valence-electron chi connectivity index (χ1n) is 23.5. The Kier molecular flexibility index (Phi) is 36.1. The second-order valence-corrected chi connectivity index (χ2v) is 16.3. The average Bonchev–Trinajstić information content (AvgIpc) is 3.18. The molecule has 1 aromatic carbocycles. The first-order valence-corrected chi connectivity index (χ1v) is 23.5.